The molecule has 0 aliphatic heterocycles. The highest BCUT2D eigenvalue weighted by atomic mass is 15.1. The van der Waals surface area contributed by atoms with Crippen LogP contribution in [0.4, 0.5) is 0 Å². The molecule has 0 saturated heterocycles. The zero-order valence-corrected chi connectivity index (χ0v) is 11.5. The van der Waals surface area contributed by atoms with Crippen LogP contribution in [0.25, 0.3) is 0 Å². The molecule has 2 N–H and O–H groups in total. The van der Waals surface area contributed by atoms with Crippen LogP contribution in [0.15, 0.2) is 54.6 Å². The van der Waals surface area contributed by atoms with Crippen LogP contribution in [0.5, 0.6) is 0 Å². The van der Waals surface area contributed by atoms with Crippen molar-refractivity contribution < 1.29 is 0 Å². The maximum absolute atomic E-state index is 5.77. The average Bonchev–Trinajstić information content (AvgIpc) is 2.46. The van der Waals surface area contributed by atoms with Gasteiger partial charge in [-0.2, -0.15) is 0 Å². The van der Waals surface area contributed by atoms with Gasteiger partial charge in [0, 0.05) is 19.6 Å². The van der Waals surface area contributed by atoms with E-state index in [0.29, 0.717) is 6.54 Å². The lowest BCUT2D eigenvalue weighted by molar-refractivity contribution is 0.331. The van der Waals surface area contributed by atoms with E-state index in [1.54, 1.807) is 0 Å². The molecule has 0 spiro atoms. The topological polar surface area (TPSA) is 29.3 Å². The molecule has 0 aromatic heterocycles. The van der Waals surface area contributed by atoms with Crippen molar-refractivity contribution in [1.29, 1.82) is 0 Å². The van der Waals surface area contributed by atoms with Crippen LogP contribution in [0.3, 0.4) is 0 Å². The lowest BCUT2D eigenvalue weighted by Gasteiger charge is -2.17. The molecule has 0 fully saturated rings. The molecule has 0 unspecified atom stereocenters. The Labute approximate surface area is 115 Å². The van der Waals surface area contributed by atoms with E-state index in [1.165, 1.54) is 16.7 Å². The normalized spacial score (nSPS) is 10.9. The largest absolute Gasteiger partial charge is 0.326 e. The molecular formula is C17H22N2. The molecule has 0 amide bonds. The highest BCUT2D eigenvalue weighted by Crippen LogP contribution is 2.10. The fourth-order valence-corrected chi connectivity index (χ4v) is 2.29. The fraction of sp³-hybridized carbons (Fsp3) is 0.294. The molecule has 0 atom stereocenters. The van der Waals surface area contributed by atoms with Gasteiger partial charge in [0.2, 0.25) is 0 Å². The van der Waals surface area contributed by atoms with Crippen molar-refractivity contribution in [3.63, 3.8) is 0 Å². The van der Waals surface area contributed by atoms with Gasteiger partial charge in [0.25, 0.3) is 0 Å². The number of hydrogen-bond donors (Lipinski definition) is 1. The van der Waals surface area contributed by atoms with Crippen LogP contribution in [0, 0.1) is 0 Å². The summed E-state index contributed by atoms with van der Waals surface area (Å²) in [4.78, 5) is 2.35. The molecule has 0 radical (unpaired) electrons. The van der Waals surface area contributed by atoms with E-state index in [1.807, 2.05) is 0 Å². The predicted octanol–water partition coefficient (Wildman–Crippen LogP) is 2.82. The molecule has 2 nitrogen and oxygen atoms in total. The van der Waals surface area contributed by atoms with Crippen LogP contribution < -0.4 is 5.73 Å². The monoisotopic (exact) mass is 254 g/mol. The van der Waals surface area contributed by atoms with Gasteiger partial charge >= 0.3 is 0 Å². The van der Waals surface area contributed by atoms with Crippen LogP contribution in [0.1, 0.15) is 16.7 Å². The number of nitrogens with zero attached hydrogens (tertiary/aromatic N) is 1. The molecule has 2 aromatic rings. The highest BCUT2D eigenvalue weighted by molar-refractivity contribution is 5.27. The van der Waals surface area contributed by atoms with Gasteiger partial charge in [-0.15, -0.1) is 0 Å². The lowest BCUT2D eigenvalue weighted by atomic mass is 10.0. The van der Waals surface area contributed by atoms with Gasteiger partial charge in [-0.1, -0.05) is 54.6 Å². The second-order valence-electron chi connectivity index (χ2n) is 4.95. The maximum atomic E-state index is 5.77. The van der Waals surface area contributed by atoms with Crippen molar-refractivity contribution in [3.8, 4) is 0 Å². The van der Waals surface area contributed by atoms with Gasteiger partial charge in [0.1, 0.15) is 0 Å². The first-order chi connectivity index (χ1) is 9.29. The molecule has 0 heterocycles. The molecule has 100 valence electrons. The summed E-state index contributed by atoms with van der Waals surface area (Å²) in [6.45, 7) is 2.66. The van der Waals surface area contributed by atoms with Gasteiger partial charge < -0.3 is 10.6 Å². The molecule has 19 heavy (non-hydrogen) atoms. The van der Waals surface area contributed by atoms with E-state index in [4.69, 9.17) is 5.73 Å². The molecule has 0 bridgehead atoms. The Morgan fingerprint density at radius 2 is 1.53 bits per heavy atom. The number of benzene rings is 2. The minimum absolute atomic E-state index is 0.624. The number of rotatable bonds is 6. The minimum atomic E-state index is 0.624. The Bertz CT molecular complexity index is 494. The maximum Gasteiger partial charge on any atom is 0.0230 e. The molecular weight excluding hydrogens is 232 g/mol. The lowest BCUT2D eigenvalue weighted by Crippen LogP contribution is -2.21. The molecule has 2 heteroatoms. The van der Waals surface area contributed by atoms with Crippen LogP contribution in [-0.4, -0.2) is 18.5 Å². The third kappa shape index (κ3) is 4.19. The van der Waals surface area contributed by atoms with E-state index >= 15 is 0 Å². The van der Waals surface area contributed by atoms with E-state index < -0.39 is 0 Å². The van der Waals surface area contributed by atoms with Crippen LogP contribution in [-0.2, 0) is 19.5 Å². The van der Waals surface area contributed by atoms with Gasteiger partial charge in [-0.25, -0.2) is 0 Å². The van der Waals surface area contributed by atoms with Gasteiger partial charge in [0.05, 0.1) is 0 Å². The van der Waals surface area contributed by atoms with Gasteiger partial charge in [0.15, 0.2) is 0 Å². The third-order valence-electron chi connectivity index (χ3n) is 3.40. The van der Waals surface area contributed by atoms with Crippen molar-refractivity contribution in [3.05, 3.63) is 71.3 Å². The predicted molar refractivity (Wildman–Crippen MR) is 80.8 cm³/mol. The fourth-order valence-electron chi connectivity index (χ4n) is 2.29. The Morgan fingerprint density at radius 3 is 2.21 bits per heavy atom. The first-order valence-electron chi connectivity index (χ1n) is 6.79. The second kappa shape index (κ2) is 7.07. The molecule has 0 aliphatic carbocycles. The molecule has 2 rings (SSSR count). The van der Waals surface area contributed by atoms with E-state index in [9.17, 15) is 0 Å². The SMILES string of the molecule is CN(CCc1ccccc1CN)Cc1ccccc1. The molecule has 0 aliphatic rings. The van der Waals surface area contributed by atoms with Crippen LogP contribution in [0.2, 0.25) is 0 Å². The summed E-state index contributed by atoms with van der Waals surface area (Å²) in [5, 5.41) is 0. The Balaban J connectivity index is 1.88. The van der Waals surface area contributed by atoms with Crippen molar-refractivity contribution in [2.24, 2.45) is 5.73 Å². The van der Waals surface area contributed by atoms with Gasteiger partial charge in [-0.3, -0.25) is 0 Å². The van der Waals surface area contributed by atoms with E-state index in [0.717, 1.165) is 19.5 Å². The summed E-state index contributed by atoms with van der Waals surface area (Å²) in [5.74, 6) is 0. The number of likely N-dealkylation sites (N-methyl/N-ethyl adjacent to an activating group) is 1. The number of nitrogens with two attached hydrogens (primary N) is 1. The second-order valence-corrected chi connectivity index (χ2v) is 4.95. The van der Waals surface area contributed by atoms with Crippen LogP contribution >= 0.6 is 0 Å². The minimum Gasteiger partial charge on any atom is -0.326 e. The first-order valence-corrected chi connectivity index (χ1v) is 6.79. The van der Waals surface area contributed by atoms with E-state index in [-0.39, 0.29) is 0 Å². The summed E-state index contributed by atoms with van der Waals surface area (Å²) >= 11 is 0. The van der Waals surface area contributed by atoms with Crippen molar-refractivity contribution >= 4 is 0 Å². The van der Waals surface area contributed by atoms with Gasteiger partial charge in [-0.05, 0) is 30.2 Å². The Morgan fingerprint density at radius 1 is 0.895 bits per heavy atom. The molecule has 2 aromatic carbocycles. The zero-order chi connectivity index (χ0) is 13.5. The first kappa shape index (κ1) is 13.8. The smallest absolute Gasteiger partial charge is 0.0230 e. The standard InChI is InChI=1S/C17H22N2/c1-19(14-15-7-3-2-4-8-15)12-11-16-9-5-6-10-17(16)13-18/h2-10H,11-14,18H2,1H3. The summed E-state index contributed by atoms with van der Waals surface area (Å²) in [6, 6.07) is 19.0. The zero-order valence-electron chi connectivity index (χ0n) is 11.5. The van der Waals surface area contributed by atoms with Crippen molar-refractivity contribution in [1.82, 2.24) is 4.90 Å². The average molecular weight is 254 g/mol. The summed E-state index contributed by atoms with van der Waals surface area (Å²) in [5.41, 5.74) is 9.75. The quantitative estimate of drug-likeness (QED) is 0.859. The van der Waals surface area contributed by atoms with E-state index in [2.05, 4.69) is 66.5 Å². The third-order valence-corrected chi connectivity index (χ3v) is 3.40. The Hall–Kier alpha value is -1.64. The highest BCUT2D eigenvalue weighted by Gasteiger charge is 2.03. The Kier molecular flexibility index (Phi) is 5.13. The number of hydrogen-bond acceptors (Lipinski definition) is 2. The van der Waals surface area contributed by atoms with Crippen molar-refractivity contribution in [2.75, 3.05) is 13.6 Å². The molecule has 0 saturated carbocycles. The summed E-state index contributed by atoms with van der Waals surface area (Å²) < 4.78 is 0. The van der Waals surface area contributed by atoms with Crippen molar-refractivity contribution in [2.45, 2.75) is 19.5 Å². The summed E-state index contributed by atoms with van der Waals surface area (Å²) in [6.07, 6.45) is 1.05. The summed E-state index contributed by atoms with van der Waals surface area (Å²) in [7, 11) is 2.16.